The number of aryl methyl sites for hydroxylation is 1. The Morgan fingerprint density at radius 1 is 0.964 bits per heavy atom. The quantitative estimate of drug-likeness (QED) is 0.640. The van der Waals surface area contributed by atoms with E-state index in [4.69, 9.17) is 9.84 Å². The Bertz CT molecular complexity index is 1000. The zero-order valence-electron chi connectivity index (χ0n) is 16.5. The van der Waals surface area contributed by atoms with Gasteiger partial charge in [0.25, 0.3) is 0 Å². The van der Waals surface area contributed by atoms with E-state index in [9.17, 15) is 0 Å². The first kappa shape index (κ1) is 16.6. The van der Waals surface area contributed by atoms with Gasteiger partial charge in [-0.2, -0.15) is 0 Å². The van der Waals surface area contributed by atoms with Gasteiger partial charge >= 0.3 is 0 Å². The van der Waals surface area contributed by atoms with Gasteiger partial charge in [0, 0.05) is 17.2 Å². The Labute approximate surface area is 165 Å². The van der Waals surface area contributed by atoms with Gasteiger partial charge in [0.2, 0.25) is 0 Å². The number of ether oxygens (including phenoxy) is 1. The molecular weight excluding hydrogens is 346 g/mol. The predicted octanol–water partition coefficient (Wildman–Crippen LogP) is 5.08. The summed E-state index contributed by atoms with van der Waals surface area (Å²) >= 11 is 0. The number of fused-ring (bicyclic) bond motifs is 1. The van der Waals surface area contributed by atoms with Gasteiger partial charge in [-0.1, -0.05) is 24.3 Å². The van der Waals surface area contributed by atoms with Crippen LogP contribution in [0.4, 0.5) is 0 Å². The summed E-state index contributed by atoms with van der Waals surface area (Å²) in [5.41, 5.74) is 3.48. The van der Waals surface area contributed by atoms with Crippen molar-refractivity contribution in [2.45, 2.75) is 57.5 Å². The molecule has 28 heavy (non-hydrogen) atoms. The van der Waals surface area contributed by atoms with Gasteiger partial charge in [-0.25, -0.2) is 0 Å². The van der Waals surface area contributed by atoms with Crippen molar-refractivity contribution in [1.29, 1.82) is 0 Å². The van der Waals surface area contributed by atoms with Crippen molar-refractivity contribution in [2.75, 3.05) is 0 Å². The lowest BCUT2D eigenvalue weighted by atomic mass is 9.49. The van der Waals surface area contributed by atoms with E-state index in [1.807, 2.05) is 18.2 Å². The molecule has 0 spiro atoms. The highest BCUT2D eigenvalue weighted by Gasteiger charge is 2.53. The van der Waals surface area contributed by atoms with E-state index in [1.165, 1.54) is 44.3 Å². The maximum Gasteiger partial charge on any atom is 0.167 e. The lowest BCUT2D eigenvalue weighted by Crippen LogP contribution is -2.49. The fourth-order valence-corrected chi connectivity index (χ4v) is 6.70. The van der Waals surface area contributed by atoms with E-state index in [-0.39, 0.29) is 5.41 Å². The van der Waals surface area contributed by atoms with Crippen molar-refractivity contribution < 1.29 is 4.74 Å². The maximum atomic E-state index is 6.11. The number of nitrogens with zero attached hydrogens (tertiary/aromatic N) is 3. The van der Waals surface area contributed by atoms with E-state index >= 15 is 0 Å². The van der Waals surface area contributed by atoms with E-state index in [0.717, 1.165) is 40.3 Å². The molecular formula is C24H27N3O. The molecule has 0 saturated heterocycles. The molecule has 4 aliphatic rings. The molecule has 7 rings (SSSR count). The third-order valence-electron chi connectivity index (χ3n) is 7.50. The predicted molar refractivity (Wildman–Crippen MR) is 108 cm³/mol. The van der Waals surface area contributed by atoms with Crippen molar-refractivity contribution in [3.05, 3.63) is 59.5 Å². The second-order valence-corrected chi connectivity index (χ2v) is 9.50. The van der Waals surface area contributed by atoms with Crippen LogP contribution in [0.3, 0.4) is 0 Å². The summed E-state index contributed by atoms with van der Waals surface area (Å²) < 4.78 is 8.38. The van der Waals surface area contributed by atoms with Crippen LogP contribution in [-0.4, -0.2) is 14.6 Å². The number of hydrogen-bond donors (Lipinski definition) is 0. The lowest BCUT2D eigenvalue weighted by Gasteiger charge is -2.55. The van der Waals surface area contributed by atoms with Gasteiger partial charge in [0.1, 0.15) is 18.2 Å². The molecule has 1 aromatic carbocycles. The summed E-state index contributed by atoms with van der Waals surface area (Å²) in [6, 6.07) is 12.4. The molecule has 4 bridgehead atoms. The van der Waals surface area contributed by atoms with E-state index in [1.54, 1.807) is 0 Å². The molecule has 0 unspecified atom stereocenters. The number of hydrogen-bond acceptors (Lipinski definition) is 3. The molecule has 4 saturated carbocycles. The van der Waals surface area contributed by atoms with Gasteiger partial charge in [0.05, 0.1) is 0 Å². The summed E-state index contributed by atoms with van der Waals surface area (Å²) in [7, 11) is 0. The van der Waals surface area contributed by atoms with E-state index < -0.39 is 0 Å². The van der Waals surface area contributed by atoms with Crippen LogP contribution in [0.5, 0.6) is 5.75 Å². The standard InChI is InChI=1S/C24H27N3O/c1-16-5-2-3-7-21(16)28-15-20-6-4-8-27-22(20)25-26-23(27)24-12-17-9-18(13-24)11-19(10-17)14-24/h2-8,17-19H,9-15H2,1H3. The topological polar surface area (TPSA) is 39.4 Å². The molecule has 2 heterocycles. The summed E-state index contributed by atoms with van der Waals surface area (Å²) in [5, 5.41) is 9.42. The lowest BCUT2D eigenvalue weighted by molar-refractivity contribution is -0.00984. The summed E-state index contributed by atoms with van der Waals surface area (Å²) in [5.74, 6) is 4.87. The molecule has 4 aliphatic carbocycles. The zero-order valence-corrected chi connectivity index (χ0v) is 16.5. The molecule has 4 heteroatoms. The number of aromatic nitrogens is 3. The third-order valence-corrected chi connectivity index (χ3v) is 7.50. The first-order chi connectivity index (χ1) is 13.7. The minimum atomic E-state index is 0.254. The SMILES string of the molecule is Cc1ccccc1OCc1cccn2c(C34CC5CC(CC(C5)C3)C4)nnc12. The largest absolute Gasteiger partial charge is 0.488 e. The Morgan fingerprint density at radius 3 is 2.39 bits per heavy atom. The number of para-hydroxylation sites is 1. The minimum Gasteiger partial charge on any atom is -0.488 e. The maximum absolute atomic E-state index is 6.11. The summed E-state index contributed by atoms with van der Waals surface area (Å²) in [6.07, 6.45) is 10.4. The first-order valence-electron chi connectivity index (χ1n) is 10.7. The van der Waals surface area contributed by atoms with Crippen LogP contribution in [0, 0.1) is 24.7 Å². The second-order valence-electron chi connectivity index (χ2n) is 9.50. The molecule has 0 N–H and O–H groups in total. The highest BCUT2D eigenvalue weighted by molar-refractivity contribution is 5.48. The van der Waals surface area contributed by atoms with Gasteiger partial charge in [-0.15, -0.1) is 10.2 Å². The Hall–Kier alpha value is -2.36. The molecule has 0 amide bonds. The molecule has 4 fully saturated rings. The third kappa shape index (κ3) is 2.50. The highest BCUT2D eigenvalue weighted by atomic mass is 16.5. The Balaban J connectivity index is 1.35. The van der Waals surface area contributed by atoms with E-state index in [2.05, 4.69) is 40.8 Å². The molecule has 2 aromatic heterocycles. The molecule has 4 nitrogen and oxygen atoms in total. The number of pyridine rings is 1. The van der Waals surface area contributed by atoms with Crippen LogP contribution in [0.2, 0.25) is 0 Å². The van der Waals surface area contributed by atoms with Gasteiger partial charge < -0.3 is 4.74 Å². The highest BCUT2D eigenvalue weighted by Crippen LogP contribution is 2.60. The molecule has 144 valence electrons. The average molecular weight is 374 g/mol. The van der Waals surface area contributed by atoms with E-state index in [0.29, 0.717) is 6.61 Å². The monoisotopic (exact) mass is 373 g/mol. The van der Waals surface area contributed by atoms with Crippen molar-refractivity contribution in [2.24, 2.45) is 17.8 Å². The molecule has 0 radical (unpaired) electrons. The van der Waals surface area contributed by atoms with Crippen LogP contribution in [0.1, 0.15) is 55.5 Å². The van der Waals surface area contributed by atoms with Crippen LogP contribution < -0.4 is 4.74 Å². The molecule has 0 atom stereocenters. The van der Waals surface area contributed by atoms with Crippen LogP contribution in [0.25, 0.3) is 5.65 Å². The van der Waals surface area contributed by atoms with Gasteiger partial charge in [0.15, 0.2) is 5.65 Å². The molecule has 3 aromatic rings. The molecule has 0 aliphatic heterocycles. The Morgan fingerprint density at radius 2 is 1.68 bits per heavy atom. The van der Waals surface area contributed by atoms with Crippen molar-refractivity contribution in [1.82, 2.24) is 14.6 Å². The Kier molecular flexibility index (Phi) is 3.59. The van der Waals surface area contributed by atoms with Crippen molar-refractivity contribution >= 4 is 5.65 Å². The summed E-state index contributed by atoms with van der Waals surface area (Å²) in [4.78, 5) is 0. The van der Waals surface area contributed by atoms with Crippen molar-refractivity contribution in [3.8, 4) is 5.75 Å². The second kappa shape index (κ2) is 6.07. The normalized spacial score (nSPS) is 30.8. The fourth-order valence-electron chi connectivity index (χ4n) is 6.70. The van der Waals surface area contributed by atoms with Crippen LogP contribution in [0.15, 0.2) is 42.6 Å². The van der Waals surface area contributed by atoms with Gasteiger partial charge in [-0.3, -0.25) is 4.40 Å². The minimum absolute atomic E-state index is 0.254. The average Bonchev–Trinajstić information content (AvgIpc) is 3.12. The number of benzene rings is 1. The van der Waals surface area contributed by atoms with Crippen molar-refractivity contribution in [3.63, 3.8) is 0 Å². The smallest absolute Gasteiger partial charge is 0.167 e. The number of rotatable bonds is 4. The van der Waals surface area contributed by atoms with Crippen LogP contribution >= 0.6 is 0 Å². The zero-order chi connectivity index (χ0) is 18.7. The van der Waals surface area contributed by atoms with Gasteiger partial charge in [-0.05, 0) is 80.9 Å². The fraction of sp³-hybridized carbons (Fsp3) is 0.500. The van der Waals surface area contributed by atoms with Crippen LogP contribution in [-0.2, 0) is 12.0 Å². The first-order valence-corrected chi connectivity index (χ1v) is 10.7. The summed E-state index contributed by atoms with van der Waals surface area (Å²) in [6.45, 7) is 2.60.